The van der Waals surface area contributed by atoms with Gasteiger partial charge in [-0.15, -0.1) is 0 Å². The number of hydrogen-bond acceptors (Lipinski definition) is 4. The van der Waals surface area contributed by atoms with Gasteiger partial charge in [-0.05, 0) is 52.7 Å². The molecular weight excluding hydrogens is 240 g/mol. The zero-order valence-corrected chi connectivity index (χ0v) is 12.3. The molecular formula is C14H28N4O. The minimum absolute atomic E-state index is 0.0751. The molecule has 3 N–H and O–H groups in total. The van der Waals surface area contributed by atoms with E-state index in [2.05, 4.69) is 15.2 Å². The average Bonchev–Trinajstić information content (AvgIpc) is 2.86. The van der Waals surface area contributed by atoms with Crippen molar-refractivity contribution in [2.24, 2.45) is 11.3 Å². The van der Waals surface area contributed by atoms with E-state index < -0.39 is 5.41 Å². The standard InChI is InChI=1S/C14H28N4O/c1-14(2,13(19)16-15)11-17-9-6-12(10-17)18-7-4-3-5-8-18/h12H,3-11,15H2,1-2H3,(H,16,19). The molecule has 1 atom stereocenters. The second kappa shape index (κ2) is 6.20. The van der Waals surface area contributed by atoms with Gasteiger partial charge in [0.1, 0.15) is 0 Å². The topological polar surface area (TPSA) is 61.6 Å². The molecule has 0 radical (unpaired) electrons. The molecule has 2 rings (SSSR count). The fourth-order valence-electron chi connectivity index (χ4n) is 3.36. The Morgan fingerprint density at radius 3 is 2.58 bits per heavy atom. The van der Waals surface area contributed by atoms with Gasteiger partial charge in [0, 0.05) is 19.1 Å². The van der Waals surface area contributed by atoms with Crippen molar-refractivity contribution in [2.45, 2.75) is 45.6 Å². The van der Waals surface area contributed by atoms with Crippen LogP contribution in [0.4, 0.5) is 0 Å². The van der Waals surface area contributed by atoms with Crippen LogP contribution in [0.5, 0.6) is 0 Å². The summed E-state index contributed by atoms with van der Waals surface area (Å²) < 4.78 is 0. The maximum absolute atomic E-state index is 11.7. The average molecular weight is 268 g/mol. The highest BCUT2D eigenvalue weighted by atomic mass is 16.2. The minimum Gasteiger partial charge on any atom is -0.301 e. The third-order valence-corrected chi connectivity index (χ3v) is 4.52. The normalized spacial score (nSPS) is 26.6. The van der Waals surface area contributed by atoms with E-state index in [0.717, 1.165) is 19.6 Å². The van der Waals surface area contributed by atoms with Gasteiger partial charge in [0.25, 0.3) is 0 Å². The lowest BCUT2D eigenvalue weighted by molar-refractivity contribution is -0.130. The van der Waals surface area contributed by atoms with Gasteiger partial charge in [-0.3, -0.25) is 15.1 Å². The smallest absolute Gasteiger partial charge is 0.240 e. The van der Waals surface area contributed by atoms with Gasteiger partial charge in [0.15, 0.2) is 0 Å². The van der Waals surface area contributed by atoms with Crippen LogP contribution in [0.3, 0.4) is 0 Å². The Kier molecular flexibility index (Phi) is 4.81. The first kappa shape index (κ1) is 14.8. The van der Waals surface area contributed by atoms with E-state index in [1.165, 1.54) is 38.8 Å². The Balaban J connectivity index is 1.83. The Bertz CT molecular complexity index is 313. The molecule has 1 unspecified atom stereocenters. The molecule has 2 saturated heterocycles. The van der Waals surface area contributed by atoms with E-state index >= 15 is 0 Å². The van der Waals surface area contributed by atoms with Gasteiger partial charge in [-0.1, -0.05) is 6.42 Å². The van der Waals surface area contributed by atoms with Gasteiger partial charge < -0.3 is 4.90 Å². The first-order valence-electron chi connectivity index (χ1n) is 7.50. The number of carbonyl (C=O) groups excluding carboxylic acids is 1. The number of likely N-dealkylation sites (tertiary alicyclic amines) is 2. The lowest BCUT2D eigenvalue weighted by atomic mass is 9.92. The molecule has 0 aliphatic carbocycles. The van der Waals surface area contributed by atoms with Crippen molar-refractivity contribution in [3.8, 4) is 0 Å². The fourth-order valence-corrected chi connectivity index (χ4v) is 3.36. The Labute approximate surface area is 116 Å². The highest BCUT2D eigenvalue weighted by Crippen LogP contribution is 2.24. The summed E-state index contributed by atoms with van der Waals surface area (Å²) in [4.78, 5) is 16.8. The molecule has 5 heteroatoms. The van der Waals surface area contributed by atoms with Gasteiger partial charge in [-0.2, -0.15) is 0 Å². The summed E-state index contributed by atoms with van der Waals surface area (Å²) in [7, 11) is 0. The molecule has 1 amide bonds. The summed E-state index contributed by atoms with van der Waals surface area (Å²) in [5.41, 5.74) is 1.87. The summed E-state index contributed by atoms with van der Waals surface area (Å²) in [6.07, 6.45) is 5.31. The van der Waals surface area contributed by atoms with Crippen LogP contribution in [0.1, 0.15) is 39.5 Å². The zero-order chi connectivity index (χ0) is 13.9. The first-order valence-corrected chi connectivity index (χ1v) is 7.50. The van der Waals surface area contributed by atoms with Crippen LogP contribution < -0.4 is 11.3 Å². The molecule has 2 heterocycles. The second-order valence-corrected chi connectivity index (χ2v) is 6.63. The molecule has 0 aromatic carbocycles. The number of nitrogens with zero attached hydrogens (tertiary/aromatic N) is 2. The quantitative estimate of drug-likeness (QED) is 0.444. The van der Waals surface area contributed by atoms with Crippen LogP contribution >= 0.6 is 0 Å². The molecule has 2 aliphatic heterocycles. The number of piperidine rings is 1. The molecule has 0 aromatic rings. The lowest BCUT2D eigenvalue weighted by Crippen LogP contribution is -2.47. The van der Waals surface area contributed by atoms with E-state index in [0.29, 0.717) is 6.04 Å². The highest BCUT2D eigenvalue weighted by Gasteiger charge is 2.34. The number of nitrogens with two attached hydrogens (primary N) is 1. The van der Waals surface area contributed by atoms with Gasteiger partial charge in [0.2, 0.25) is 5.91 Å². The predicted octanol–water partition coefficient (Wildman–Crippen LogP) is 0.563. The SMILES string of the molecule is CC(C)(CN1CCC(N2CCCCC2)C1)C(=O)NN. The number of amides is 1. The molecule has 2 fully saturated rings. The molecule has 19 heavy (non-hydrogen) atoms. The Hall–Kier alpha value is -0.650. The largest absolute Gasteiger partial charge is 0.301 e. The maximum atomic E-state index is 11.7. The Morgan fingerprint density at radius 2 is 1.95 bits per heavy atom. The van der Waals surface area contributed by atoms with E-state index in [1.54, 1.807) is 0 Å². The third-order valence-electron chi connectivity index (χ3n) is 4.52. The van der Waals surface area contributed by atoms with E-state index in [9.17, 15) is 4.79 Å². The van der Waals surface area contributed by atoms with Gasteiger partial charge in [0.05, 0.1) is 5.41 Å². The molecule has 0 bridgehead atoms. The van der Waals surface area contributed by atoms with Crippen LogP contribution in [0.2, 0.25) is 0 Å². The number of carbonyl (C=O) groups is 1. The van der Waals surface area contributed by atoms with E-state index in [-0.39, 0.29) is 5.91 Å². The summed E-state index contributed by atoms with van der Waals surface area (Å²) >= 11 is 0. The summed E-state index contributed by atoms with van der Waals surface area (Å²) in [6.45, 7) is 9.42. The molecule has 0 aromatic heterocycles. The van der Waals surface area contributed by atoms with Gasteiger partial charge in [-0.25, -0.2) is 5.84 Å². The van der Waals surface area contributed by atoms with Gasteiger partial charge >= 0.3 is 0 Å². The number of hydrazine groups is 1. The maximum Gasteiger partial charge on any atom is 0.240 e. The molecule has 2 aliphatic rings. The molecule has 0 spiro atoms. The van der Waals surface area contributed by atoms with E-state index in [4.69, 9.17) is 5.84 Å². The molecule has 110 valence electrons. The number of nitrogens with one attached hydrogen (secondary N) is 1. The van der Waals surface area contributed by atoms with Crippen LogP contribution in [0.15, 0.2) is 0 Å². The third kappa shape index (κ3) is 3.68. The van der Waals surface area contributed by atoms with Crippen LogP contribution in [0.25, 0.3) is 0 Å². The number of hydrogen-bond donors (Lipinski definition) is 2. The van der Waals surface area contributed by atoms with Crippen molar-refractivity contribution in [1.29, 1.82) is 0 Å². The van der Waals surface area contributed by atoms with Crippen LogP contribution in [-0.2, 0) is 4.79 Å². The zero-order valence-electron chi connectivity index (χ0n) is 12.3. The number of rotatable bonds is 4. The van der Waals surface area contributed by atoms with Crippen LogP contribution in [-0.4, -0.2) is 54.5 Å². The fraction of sp³-hybridized carbons (Fsp3) is 0.929. The van der Waals surface area contributed by atoms with Crippen molar-refractivity contribution in [1.82, 2.24) is 15.2 Å². The van der Waals surface area contributed by atoms with Crippen molar-refractivity contribution in [3.05, 3.63) is 0 Å². The van der Waals surface area contributed by atoms with Crippen molar-refractivity contribution < 1.29 is 4.79 Å². The Morgan fingerprint density at radius 1 is 1.26 bits per heavy atom. The first-order chi connectivity index (χ1) is 9.03. The van der Waals surface area contributed by atoms with Crippen molar-refractivity contribution in [3.63, 3.8) is 0 Å². The molecule has 0 saturated carbocycles. The monoisotopic (exact) mass is 268 g/mol. The van der Waals surface area contributed by atoms with Crippen molar-refractivity contribution in [2.75, 3.05) is 32.7 Å². The molecule has 5 nitrogen and oxygen atoms in total. The summed E-state index contributed by atoms with van der Waals surface area (Å²) in [6, 6.07) is 0.692. The summed E-state index contributed by atoms with van der Waals surface area (Å²) in [5.74, 6) is 5.18. The highest BCUT2D eigenvalue weighted by molar-refractivity contribution is 5.81. The predicted molar refractivity (Wildman–Crippen MR) is 76.4 cm³/mol. The van der Waals surface area contributed by atoms with Crippen LogP contribution in [0, 0.1) is 5.41 Å². The second-order valence-electron chi connectivity index (χ2n) is 6.63. The minimum atomic E-state index is -0.411. The summed E-state index contributed by atoms with van der Waals surface area (Å²) in [5, 5.41) is 0. The lowest BCUT2D eigenvalue weighted by Gasteiger charge is -2.33. The van der Waals surface area contributed by atoms with Crippen molar-refractivity contribution >= 4 is 5.91 Å². The van der Waals surface area contributed by atoms with E-state index in [1.807, 2.05) is 13.8 Å².